The molecule has 1 aliphatic carbocycles. The summed E-state index contributed by atoms with van der Waals surface area (Å²) in [5, 5.41) is 13.7. The Bertz CT molecular complexity index is 565. The largest absolute Gasteiger partial charge is 0.387 e. The van der Waals surface area contributed by atoms with Gasteiger partial charge in [-0.3, -0.25) is 9.69 Å². The Morgan fingerprint density at radius 2 is 2.00 bits per heavy atom. The molecule has 1 saturated heterocycles. The van der Waals surface area contributed by atoms with Gasteiger partial charge in [0.2, 0.25) is 5.91 Å². The van der Waals surface area contributed by atoms with Gasteiger partial charge in [0.1, 0.15) is 0 Å². The van der Waals surface area contributed by atoms with E-state index < -0.39 is 6.10 Å². The maximum atomic E-state index is 12.3. The van der Waals surface area contributed by atoms with E-state index in [0.29, 0.717) is 5.92 Å². The Morgan fingerprint density at radius 1 is 1.29 bits per heavy atom. The third-order valence-electron chi connectivity index (χ3n) is 5.56. The summed E-state index contributed by atoms with van der Waals surface area (Å²) in [6.07, 6.45) is 3.36. The summed E-state index contributed by atoms with van der Waals surface area (Å²) in [6, 6.07) is 8.37. The number of carbonyl (C=O) groups is 1. The van der Waals surface area contributed by atoms with Crippen LogP contribution in [0.15, 0.2) is 24.3 Å². The van der Waals surface area contributed by atoms with Crippen molar-refractivity contribution in [1.82, 2.24) is 10.2 Å². The molecular weight excluding hydrogens is 300 g/mol. The Hall–Kier alpha value is -1.39. The van der Waals surface area contributed by atoms with E-state index in [0.717, 1.165) is 50.9 Å². The summed E-state index contributed by atoms with van der Waals surface area (Å²) < 4.78 is 0. The normalized spacial score (nSPS) is 25.0. The molecular formula is C20H30N2O2. The van der Waals surface area contributed by atoms with E-state index in [1.54, 1.807) is 0 Å². The molecule has 4 nitrogen and oxygen atoms in total. The van der Waals surface area contributed by atoms with Crippen molar-refractivity contribution in [3.05, 3.63) is 35.4 Å². The van der Waals surface area contributed by atoms with Crippen molar-refractivity contribution in [2.45, 2.75) is 51.7 Å². The van der Waals surface area contributed by atoms with Gasteiger partial charge in [0.05, 0.1) is 6.10 Å². The Morgan fingerprint density at radius 3 is 2.67 bits per heavy atom. The zero-order chi connectivity index (χ0) is 17.1. The summed E-state index contributed by atoms with van der Waals surface area (Å²) in [4.78, 5) is 14.6. The molecule has 1 amide bonds. The second-order valence-electron chi connectivity index (χ2n) is 7.70. The van der Waals surface area contributed by atoms with Crippen LogP contribution in [0.25, 0.3) is 0 Å². The first-order valence-corrected chi connectivity index (χ1v) is 9.34. The molecule has 1 heterocycles. The van der Waals surface area contributed by atoms with Crippen LogP contribution in [0.5, 0.6) is 0 Å². The summed E-state index contributed by atoms with van der Waals surface area (Å²) in [5.74, 6) is 0.970. The molecule has 0 unspecified atom stereocenters. The maximum Gasteiger partial charge on any atom is 0.223 e. The van der Waals surface area contributed by atoms with Gasteiger partial charge in [-0.2, -0.15) is 0 Å². The highest BCUT2D eigenvalue weighted by Gasteiger charge is 2.37. The second-order valence-corrected chi connectivity index (χ2v) is 7.70. The lowest BCUT2D eigenvalue weighted by Crippen LogP contribution is -2.46. The van der Waals surface area contributed by atoms with Crippen LogP contribution in [0.4, 0.5) is 0 Å². The highest BCUT2D eigenvalue weighted by Crippen LogP contribution is 2.35. The fraction of sp³-hybridized carbons (Fsp3) is 0.650. The number of hydrogen-bond donors (Lipinski definition) is 2. The predicted molar refractivity (Wildman–Crippen MR) is 95.7 cm³/mol. The minimum absolute atomic E-state index is 0.134. The fourth-order valence-electron chi connectivity index (χ4n) is 4.00. The topological polar surface area (TPSA) is 52.6 Å². The number of amides is 1. The second kappa shape index (κ2) is 7.66. The molecule has 24 heavy (non-hydrogen) atoms. The SMILES string of the molecule is CC(C)CCNC(=O)C1CCN([C@H]2Cc3ccccc3[C@H]2O)CC1. The highest BCUT2D eigenvalue weighted by molar-refractivity contribution is 5.78. The van der Waals surface area contributed by atoms with Crippen molar-refractivity contribution in [3.63, 3.8) is 0 Å². The lowest BCUT2D eigenvalue weighted by Gasteiger charge is -2.36. The first-order chi connectivity index (χ1) is 11.6. The van der Waals surface area contributed by atoms with Crippen molar-refractivity contribution >= 4 is 5.91 Å². The molecule has 0 saturated carbocycles. The molecule has 0 bridgehead atoms. The minimum Gasteiger partial charge on any atom is -0.387 e. The standard InChI is InChI=1S/C20H30N2O2/c1-14(2)7-10-21-20(24)15-8-11-22(12-9-15)18-13-16-5-3-4-6-17(16)19(18)23/h3-6,14-15,18-19,23H,7-13H2,1-2H3,(H,21,24)/t18-,19+/m0/s1. The molecule has 2 atom stereocenters. The molecule has 1 aliphatic heterocycles. The van der Waals surface area contributed by atoms with Crippen molar-refractivity contribution in [1.29, 1.82) is 0 Å². The zero-order valence-corrected chi connectivity index (χ0v) is 14.9. The molecule has 1 aromatic carbocycles. The predicted octanol–water partition coefficient (Wildman–Crippen LogP) is 2.52. The van der Waals surface area contributed by atoms with Crippen LogP contribution in [0.2, 0.25) is 0 Å². The summed E-state index contributed by atoms with van der Waals surface area (Å²) in [6.45, 7) is 6.94. The lowest BCUT2D eigenvalue weighted by atomic mass is 9.94. The monoisotopic (exact) mass is 330 g/mol. The number of nitrogens with zero attached hydrogens (tertiary/aromatic N) is 1. The van der Waals surface area contributed by atoms with Crippen LogP contribution in [0.3, 0.4) is 0 Å². The van der Waals surface area contributed by atoms with Gasteiger partial charge >= 0.3 is 0 Å². The Kier molecular flexibility index (Phi) is 5.57. The Labute approximate surface area is 145 Å². The van der Waals surface area contributed by atoms with Gasteiger partial charge in [-0.1, -0.05) is 38.1 Å². The molecule has 132 valence electrons. The summed E-state index contributed by atoms with van der Waals surface area (Å²) in [7, 11) is 0. The minimum atomic E-state index is -0.391. The van der Waals surface area contributed by atoms with Gasteiger partial charge in [-0.25, -0.2) is 0 Å². The molecule has 0 aromatic heterocycles. The molecule has 4 heteroatoms. The first-order valence-electron chi connectivity index (χ1n) is 9.34. The number of nitrogens with one attached hydrogen (secondary N) is 1. The van der Waals surface area contributed by atoms with Crippen LogP contribution < -0.4 is 5.32 Å². The number of benzene rings is 1. The molecule has 2 aliphatic rings. The quantitative estimate of drug-likeness (QED) is 0.872. The Balaban J connectivity index is 1.48. The van der Waals surface area contributed by atoms with Gasteiger partial charge < -0.3 is 10.4 Å². The number of aliphatic hydroxyl groups excluding tert-OH is 1. The highest BCUT2D eigenvalue weighted by atomic mass is 16.3. The number of aliphatic hydroxyl groups is 1. The van der Waals surface area contributed by atoms with Crippen LogP contribution in [0, 0.1) is 11.8 Å². The third-order valence-corrected chi connectivity index (χ3v) is 5.56. The van der Waals surface area contributed by atoms with E-state index in [-0.39, 0.29) is 17.9 Å². The van der Waals surface area contributed by atoms with Crippen molar-refractivity contribution in [2.24, 2.45) is 11.8 Å². The molecule has 3 rings (SSSR count). The van der Waals surface area contributed by atoms with E-state index in [1.165, 1.54) is 5.56 Å². The summed E-state index contributed by atoms with van der Waals surface area (Å²) in [5.41, 5.74) is 2.35. The average molecular weight is 330 g/mol. The van der Waals surface area contributed by atoms with Gasteiger partial charge in [0.15, 0.2) is 0 Å². The van der Waals surface area contributed by atoms with Crippen molar-refractivity contribution < 1.29 is 9.90 Å². The van der Waals surface area contributed by atoms with Crippen LogP contribution >= 0.6 is 0 Å². The van der Waals surface area contributed by atoms with Crippen LogP contribution in [0.1, 0.15) is 50.3 Å². The van der Waals surface area contributed by atoms with Crippen LogP contribution in [-0.2, 0) is 11.2 Å². The average Bonchev–Trinajstić information content (AvgIpc) is 2.92. The van der Waals surface area contributed by atoms with Crippen molar-refractivity contribution in [3.8, 4) is 0 Å². The third kappa shape index (κ3) is 3.81. The van der Waals surface area contributed by atoms with Gasteiger partial charge in [0.25, 0.3) is 0 Å². The van der Waals surface area contributed by atoms with E-state index >= 15 is 0 Å². The number of carbonyl (C=O) groups excluding carboxylic acids is 1. The number of hydrogen-bond acceptors (Lipinski definition) is 3. The van der Waals surface area contributed by atoms with Crippen molar-refractivity contribution in [2.75, 3.05) is 19.6 Å². The van der Waals surface area contributed by atoms with Gasteiger partial charge in [0, 0.05) is 18.5 Å². The number of fused-ring (bicyclic) bond motifs is 1. The molecule has 0 spiro atoms. The van der Waals surface area contributed by atoms with E-state index in [9.17, 15) is 9.90 Å². The smallest absolute Gasteiger partial charge is 0.223 e. The number of likely N-dealkylation sites (tertiary alicyclic amines) is 1. The molecule has 0 radical (unpaired) electrons. The molecule has 1 fully saturated rings. The summed E-state index contributed by atoms with van der Waals surface area (Å²) >= 11 is 0. The van der Waals surface area contributed by atoms with Gasteiger partial charge in [-0.15, -0.1) is 0 Å². The number of rotatable bonds is 5. The van der Waals surface area contributed by atoms with E-state index in [1.807, 2.05) is 18.2 Å². The molecule has 1 aromatic rings. The number of piperidine rings is 1. The zero-order valence-electron chi connectivity index (χ0n) is 14.9. The van der Waals surface area contributed by atoms with E-state index in [4.69, 9.17) is 0 Å². The van der Waals surface area contributed by atoms with E-state index in [2.05, 4.69) is 30.1 Å². The molecule has 2 N–H and O–H groups in total. The first kappa shape index (κ1) is 17.4. The fourth-order valence-corrected chi connectivity index (χ4v) is 4.00. The van der Waals surface area contributed by atoms with Crippen LogP contribution in [-0.4, -0.2) is 41.6 Å². The van der Waals surface area contributed by atoms with Gasteiger partial charge in [-0.05, 0) is 55.8 Å². The lowest BCUT2D eigenvalue weighted by molar-refractivity contribution is -0.126. The maximum absolute atomic E-state index is 12.3.